The van der Waals surface area contributed by atoms with E-state index in [2.05, 4.69) is 0 Å². The molecule has 0 aromatic heterocycles. The molecule has 0 saturated carbocycles. The van der Waals surface area contributed by atoms with Crippen LogP contribution in [-0.2, 0) is 19.1 Å². The zero-order valence-corrected chi connectivity index (χ0v) is 9.75. The van der Waals surface area contributed by atoms with E-state index < -0.39 is 23.8 Å². The van der Waals surface area contributed by atoms with Crippen LogP contribution in [0.4, 0.5) is 0 Å². The molecule has 1 heterocycles. The van der Waals surface area contributed by atoms with Gasteiger partial charge in [-0.15, -0.1) is 0 Å². The lowest BCUT2D eigenvalue weighted by atomic mass is 10.0. The lowest BCUT2D eigenvalue weighted by Crippen LogP contribution is -2.13. The van der Waals surface area contributed by atoms with Gasteiger partial charge in [-0.3, -0.25) is 0 Å². The standard InChI is InChI=1S/C13H12O5/c1-2-17-12(15)9-10(14)13(16)18-11(9)8-6-4-3-5-7-8/h3-7,11,14H,2H2,1H3. The van der Waals surface area contributed by atoms with E-state index in [0.29, 0.717) is 5.56 Å². The van der Waals surface area contributed by atoms with Crippen molar-refractivity contribution in [2.45, 2.75) is 13.0 Å². The average molecular weight is 248 g/mol. The normalized spacial score (nSPS) is 18.7. The van der Waals surface area contributed by atoms with E-state index in [1.54, 1.807) is 37.3 Å². The number of aliphatic hydroxyl groups is 1. The monoisotopic (exact) mass is 248 g/mol. The molecule has 0 spiro atoms. The highest BCUT2D eigenvalue weighted by molar-refractivity contribution is 6.02. The summed E-state index contributed by atoms with van der Waals surface area (Å²) in [5.74, 6) is -2.33. The summed E-state index contributed by atoms with van der Waals surface area (Å²) in [6.07, 6.45) is -0.905. The summed E-state index contributed by atoms with van der Waals surface area (Å²) in [5.41, 5.74) is 0.464. The van der Waals surface area contributed by atoms with Crippen molar-refractivity contribution in [2.24, 2.45) is 0 Å². The Labute approximate surface area is 104 Å². The summed E-state index contributed by atoms with van der Waals surface area (Å²) < 4.78 is 9.78. The van der Waals surface area contributed by atoms with E-state index in [0.717, 1.165) is 0 Å². The Morgan fingerprint density at radius 3 is 2.67 bits per heavy atom. The van der Waals surface area contributed by atoms with Crippen LogP contribution in [0.1, 0.15) is 18.6 Å². The first kappa shape index (κ1) is 12.2. The highest BCUT2D eigenvalue weighted by Crippen LogP contribution is 2.34. The number of benzene rings is 1. The highest BCUT2D eigenvalue weighted by Gasteiger charge is 2.40. The van der Waals surface area contributed by atoms with Crippen LogP contribution in [0.25, 0.3) is 0 Å². The van der Waals surface area contributed by atoms with Crippen LogP contribution in [0.15, 0.2) is 41.7 Å². The minimum Gasteiger partial charge on any atom is -0.501 e. The summed E-state index contributed by atoms with van der Waals surface area (Å²) in [7, 11) is 0. The lowest BCUT2D eigenvalue weighted by Gasteiger charge is -2.12. The maximum absolute atomic E-state index is 11.7. The van der Waals surface area contributed by atoms with Crippen LogP contribution in [0.5, 0.6) is 0 Å². The molecule has 0 bridgehead atoms. The number of rotatable bonds is 3. The zero-order valence-electron chi connectivity index (χ0n) is 9.75. The molecule has 1 atom stereocenters. The van der Waals surface area contributed by atoms with Gasteiger partial charge in [0.25, 0.3) is 0 Å². The van der Waals surface area contributed by atoms with Crippen LogP contribution in [-0.4, -0.2) is 23.7 Å². The number of carbonyl (C=O) groups is 2. The Hall–Kier alpha value is -2.30. The number of hydrogen-bond acceptors (Lipinski definition) is 5. The molecule has 1 aliphatic heterocycles. The lowest BCUT2D eigenvalue weighted by molar-refractivity contribution is -0.143. The fourth-order valence-electron chi connectivity index (χ4n) is 1.73. The quantitative estimate of drug-likeness (QED) is 0.823. The van der Waals surface area contributed by atoms with E-state index in [1.165, 1.54) is 0 Å². The second kappa shape index (κ2) is 4.91. The number of cyclic esters (lactones) is 1. The SMILES string of the molecule is CCOC(=O)C1=C(O)C(=O)OC1c1ccccc1. The van der Waals surface area contributed by atoms with Crippen molar-refractivity contribution in [3.63, 3.8) is 0 Å². The predicted octanol–water partition coefficient (Wildman–Crippen LogP) is 1.66. The molecular weight excluding hydrogens is 236 g/mol. The fourth-order valence-corrected chi connectivity index (χ4v) is 1.73. The van der Waals surface area contributed by atoms with Crippen LogP contribution >= 0.6 is 0 Å². The molecule has 1 N–H and O–H groups in total. The maximum atomic E-state index is 11.7. The molecular formula is C13H12O5. The van der Waals surface area contributed by atoms with Crippen molar-refractivity contribution in [3.8, 4) is 0 Å². The summed E-state index contributed by atoms with van der Waals surface area (Å²) in [6, 6.07) is 8.71. The first-order valence-electron chi connectivity index (χ1n) is 5.51. The van der Waals surface area contributed by atoms with Gasteiger partial charge in [-0.1, -0.05) is 30.3 Å². The third-order valence-corrected chi connectivity index (χ3v) is 2.53. The second-order valence-corrected chi connectivity index (χ2v) is 3.68. The van der Waals surface area contributed by atoms with Gasteiger partial charge in [-0.2, -0.15) is 0 Å². The highest BCUT2D eigenvalue weighted by atomic mass is 16.6. The van der Waals surface area contributed by atoms with E-state index in [1.807, 2.05) is 0 Å². The molecule has 94 valence electrons. The molecule has 1 aliphatic rings. The molecule has 1 aromatic carbocycles. The van der Waals surface area contributed by atoms with Crippen LogP contribution in [0.2, 0.25) is 0 Å². The number of aliphatic hydroxyl groups excluding tert-OH is 1. The van der Waals surface area contributed by atoms with E-state index >= 15 is 0 Å². The summed E-state index contributed by atoms with van der Waals surface area (Å²) >= 11 is 0. The number of hydrogen-bond donors (Lipinski definition) is 1. The van der Waals surface area contributed by atoms with E-state index in [-0.39, 0.29) is 12.2 Å². The summed E-state index contributed by atoms with van der Waals surface area (Å²) in [5, 5.41) is 9.59. The van der Waals surface area contributed by atoms with Crippen molar-refractivity contribution in [1.29, 1.82) is 0 Å². The van der Waals surface area contributed by atoms with Crippen LogP contribution in [0.3, 0.4) is 0 Å². The molecule has 0 radical (unpaired) electrons. The minimum atomic E-state index is -0.910. The smallest absolute Gasteiger partial charge is 0.375 e. The van der Waals surface area contributed by atoms with Gasteiger partial charge in [-0.25, -0.2) is 9.59 Å². The van der Waals surface area contributed by atoms with Gasteiger partial charge in [0.15, 0.2) is 6.10 Å². The van der Waals surface area contributed by atoms with Crippen molar-refractivity contribution in [2.75, 3.05) is 6.61 Å². The van der Waals surface area contributed by atoms with E-state index in [4.69, 9.17) is 9.47 Å². The van der Waals surface area contributed by atoms with Gasteiger partial charge in [0, 0.05) is 0 Å². The third-order valence-electron chi connectivity index (χ3n) is 2.53. The number of esters is 2. The Kier molecular flexibility index (Phi) is 3.32. The van der Waals surface area contributed by atoms with Crippen molar-refractivity contribution < 1.29 is 24.2 Å². The first-order chi connectivity index (χ1) is 8.65. The Morgan fingerprint density at radius 2 is 2.06 bits per heavy atom. The topological polar surface area (TPSA) is 72.8 Å². The largest absolute Gasteiger partial charge is 0.501 e. The van der Waals surface area contributed by atoms with Crippen LogP contribution < -0.4 is 0 Å². The zero-order chi connectivity index (χ0) is 13.1. The molecule has 2 rings (SSSR count). The molecule has 0 saturated heterocycles. The first-order valence-corrected chi connectivity index (χ1v) is 5.51. The van der Waals surface area contributed by atoms with Gasteiger partial charge >= 0.3 is 11.9 Å². The Bertz CT molecular complexity index is 503. The Morgan fingerprint density at radius 1 is 1.39 bits per heavy atom. The van der Waals surface area contributed by atoms with Gasteiger partial charge in [-0.05, 0) is 12.5 Å². The van der Waals surface area contributed by atoms with E-state index in [9.17, 15) is 14.7 Å². The molecule has 0 amide bonds. The maximum Gasteiger partial charge on any atom is 0.375 e. The third kappa shape index (κ3) is 2.07. The molecule has 0 aliphatic carbocycles. The van der Waals surface area contributed by atoms with Crippen LogP contribution in [0, 0.1) is 0 Å². The minimum absolute atomic E-state index is 0.145. The molecule has 5 nitrogen and oxygen atoms in total. The predicted molar refractivity (Wildman–Crippen MR) is 61.6 cm³/mol. The van der Waals surface area contributed by atoms with Gasteiger partial charge in [0.1, 0.15) is 5.57 Å². The molecule has 18 heavy (non-hydrogen) atoms. The van der Waals surface area contributed by atoms with Crippen molar-refractivity contribution >= 4 is 11.9 Å². The van der Waals surface area contributed by atoms with Crippen molar-refractivity contribution in [1.82, 2.24) is 0 Å². The molecule has 0 fully saturated rings. The average Bonchev–Trinajstić information content (AvgIpc) is 2.67. The summed E-state index contributed by atoms with van der Waals surface area (Å²) in [6.45, 7) is 1.80. The van der Waals surface area contributed by atoms with Gasteiger partial charge in [0.2, 0.25) is 5.76 Å². The number of carbonyl (C=O) groups excluding carboxylic acids is 2. The van der Waals surface area contributed by atoms with Gasteiger partial charge < -0.3 is 14.6 Å². The molecule has 5 heteroatoms. The van der Waals surface area contributed by atoms with Crippen molar-refractivity contribution in [3.05, 3.63) is 47.2 Å². The van der Waals surface area contributed by atoms with Gasteiger partial charge in [0.05, 0.1) is 6.61 Å². The second-order valence-electron chi connectivity index (χ2n) is 3.68. The Balaban J connectivity index is 2.38. The fraction of sp³-hybridized carbons (Fsp3) is 0.231. The summed E-state index contributed by atoms with van der Waals surface area (Å²) in [4.78, 5) is 23.1. The number of ether oxygens (including phenoxy) is 2. The molecule has 1 aromatic rings. The molecule has 1 unspecified atom stereocenters.